The Labute approximate surface area is 90.0 Å². The van der Waals surface area contributed by atoms with E-state index in [2.05, 4.69) is 15.9 Å². The second-order valence-corrected chi connectivity index (χ2v) is 3.95. The van der Waals surface area contributed by atoms with Crippen molar-refractivity contribution in [1.82, 2.24) is 0 Å². The lowest BCUT2D eigenvalue weighted by molar-refractivity contribution is 0.248. The molecule has 78 valence electrons. The molecule has 1 rings (SSSR count). The Balaban J connectivity index is 2.99. The number of hydrogen-bond acceptors (Lipinski definition) is 3. The van der Waals surface area contributed by atoms with Crippen LogP contribution in [0.1, 0.15) is 11.6 Å². The van der Waals surface area contributed by atoms with Crippen LogP contribution in [0.3, 0.4) is 0 Å². The van der Waals surface area contributed by atoms with Gasteiger partial charge in [-0.05, 0) is 18.2 Å². The fraction of sp³-hybridized carbons (Fsp3) is 0.333. The van der Waals surface area contributed by atoms with Crippen molar-refractivity contribution in [1.29, 1.82) is 0 Å². The third-order valence-electron chi connectivity index (χ3n) is 1.99. The largest absolute Gasteiger partial charge is 0.395 e. The van der Waals surface area contributed by atoms with Gasteiger partial charge in [0.2, 0.25) is 0 Å². The van der Waals surface area contributed by atoms with Gasteiger partial charge < -0.3 is 16.6 Å². The highest BCUT2D eigenvalue weighted by Crippen LogP contribution is 2.21. The van der Waals surface area contributed by atoms with Crippen molar-refractivity contribution in [2.75, 3.05) is 6.61 Å². The summed E-state index contributed by atoms with van der Waals surface area (Å²) < 4.78 is 14.0. The van der Waals surface area contributed by atoms with Crippen LogP contribution in [0.4, 0.5) is 4.39 Å². The number of hydrogen-bond donors (Lipinski definition) is 3. The molecule has 2 unspecified atom stereocenters. The lowest BCUT2D eigenvalue weighted by Gasteiger charge is -2.18. The Hall–Kier alpha value is -0.490. The third-order valence-corrected chi connectivity index (χ3v) is 2.48. The molecule has 0 aliphatic carbocycles. The highest BCUT2D eigenvalue weighted by molar-refractivity contribution is 9.10. The zero-order valence-electron chi connectivity index (χ0n) is 7.45. The molecule has 5 N–H and O–H groups in total. The molecular weight excluding hydrogens is 251 g/mol. The molecule has 0 heterocycles. The molecule has 0 spiro atoms. The van der Waals surface area contributed by atoms with Crippen molar-refractivity contribution in [3.8, 4) is 0 Å². The fourth-order valence-corrected chi connectivity index (χ4v) is 1.49. The maximum Gasteiger partial charge on any atom is 0.128 e. The molecule has 5 heteroatoms. The minimum Gasteiger partial charge on any atom is -0.395 e. The Morgan fingerprint density at radius 2 is 2.07 bits per heavy atom. The highest BCUT2D eigenvalue weighted by Gasteiger charge is 2.18. The first kappa shape index (κ1) is 11.6. The van der Waals surface area contributed by atoms with Gasteiger partial charge in [-0.15, -0.1) is 0 Å². The quantitative estimate of drug-likeness (QED) is 0.758. The van der Waals surface area contributed by atoms with Gasteiger partial charge in [0.05, 0.1) is 12.6 Å². The lowest BCUT2D eigenvalue weighted by Crippen LogP contribution is -2.37. The standard InChI is InChI=1S/C9H12BrFN2O/c10-5-1-2-7(11)6(3-5)9(13)8(12)4-14/h1-3,8-9,14H,4,12-13H2. The Morgan fingerprint density at radius 3 is 2.64 bits per heavy atom. The van der Waals surface area contributed by atoms with Gasteiger partial charge in [0.15, 0.2) is 0 Å². The molecule has 3 nitrogen and oxygen atoms in total. The van der Waals surface area contributed by atoms with Crippen LogP contribution in [0.15, 0.2) is 22.7 Å². The maximum absolute atomic E-state index is 13.3. The number of nitrogens with two attached hydrogens (primary N) is 2. The SMILES string of the molecule is NC(CO)C(N)c1cc(Br)ccc1F. The average molecular weight is 263 g/mol. The van der Waals surface area contributed by atoms with E-state index in [4.69, 9.17) is 16.6 Å². The number of benzene rings is 1. The summed E-state index contributed by atoms with van der Waals surface area (Å²) in [6, 6.07) is 3.10. The fourth-order valence-electron chi connectivity index (χ4n) is 1.11. The van der Waals surface area contributed by atoms with Crippen molar-refractivity contribution >= 4 is 15.9 Å². The summed E-state index contributed by atoms with van der Waals surface area (Å²) in [5.74, 6) is -0.412. The first-order valence-corrected chi connectivity index (χ1v) is 4.92. The third kappa shape index (κ3) is 2.51. The molecule has 0 saturated heterocycles. The van der Waals surface area contributed by atoms with E-state index in [0.717, 1.165) is 4.47 Å². The predicted molar refractivity (Wildman–Crippen MR) is 56.1 cm³/mol. The summed E-state index contributed by atoms with van der Waals surface area (Å²) in [4.78, 5) is 0. The second-order valence-electron chi connectivity index (χ2n) is 3.04. The predicted octanol–water partition coefficient (Wildman–Crippen LogP) is 0.908. The molecule has 0 fully saturated rings. The second kappa shape index (κ2) is 4.84. The van der Waals surface area contributed by atoms with E-state index < -0.39 is 17.9 Å². The first-order valence-electron chi connectivity index (χ1n) is 4.13. The molecule has 0 bridgehead atoms. The lowest BCUT2D eigenvalue weighted by atomic mass is 10.0. The Bertz CT molecular complexity index is 322. The Kier molecular flexibility index (Phi) is 4.00. The zero-order chi connectivity index (χ0) is 10.7. The normalized spacial score (nSPS) is 15.2. The summed E-state index contributed by atoms with van der Waals surface area (Å²) in [5.41, 5.74) is 11.5. The van der Waals surface area contributed by atoms with Crippen molar-refractivity contribution in [2.24, 2.45) is 11.5 Å². The van der Waals surface area contributed by atoms with Gasteiger partial charge in [0.25, 0.3) is 0 Å². The monoisotopic (exact) mass is 262 g/mol. The van der Waals surface area contributed by atoms with Crippen LogP contribution in [0.5, 0.6) is 0 Å². The molecule has 0 aliphatic heterocycles. The molecule has 0 radical (unpaired) electrons. The number of aliphatic hydroxyl groups is 1. The van der Waals surface area contributed by atoms with Crippen LogP contribution in [0.2, 0.25) is 0 Å². The van der Waals surface area contributed by atoms with Crippen molar-refractivity contribution in [2.45, 2.75) is 12.1 Å². The van der Waals surface area contributed by atoms with Crippen LogP contribution in [0, 0.1) is 5.82 Å². The minimum atomic E-state index is -0.697. The van der Waals surface area contributed by atoms with E-state index in [0.29, 0.717) is 5.56 Å². The molecule has 0 aliphatic rings. The number of rotatable bonds is 3. The van der Waals surface area contributed by atoms with Crippen LogP contribution in [-0.2, 0) is 0 Å². The first-order chi connectivity index (χ1) is 6.56. The number of aliphatic hydroxyl groups excluding tert-OH is 1. The van der Waals surface area contributed by atoms with Gasteiger partial charge in [0, 0.05) is 16.1 Å². The smallest absolute Gasteiger partial charge is 0.128 e. The van der Waals surface area contributed by atoms with Gasteiger partial charge in [-0.3, -0.25) is 0 Å². The topological polar surface area (TPSA) is 72.3 Å². The molecule has 2 atom stereocenters. The van der Waals surface area contributed by atoms with Crippen LogP contribution < -0.4 is 11.5 Å². The van der Waals surface area contributed by atoms with Crippen molar-refractivity contribution < 1.29 is 9.50 Å². The van der Waals surface area contributed by atoms with Gasteiger partial charge >= 0.3 is 0 Å². The zero-order valence-corrected chi connectivity index (χ0v) is 9.04. The van der Waals surface area contributed by atoms with Crippen molar-refractivity contribution in [3.05, 3.63) is 34.1 Å². The van der Waals surface area contributed by atoms with Gasteiger partial charge in [-0.1, -0.05) is 15.9 Å². The molecule has 0 aromatic heterocycles. The van der Waals surface area contributed by atoms with E-state index in [1.165, 1.54) is 6.07 Å². The van der Waals surface area contributed by atoms with Crippen molar-refractivity contribution in [3.63, 3.8) is 0 Å². The molecule has 14 heavy (non-hydrogen) atoms. The molecule has 1 aromatic carbocycles. The molecule has 0 saturated carbocycles. The van der Waals surface area contributed by atoms with Gasteiger partial charge in [-0.2, -0.15) is 0 Å². The molecule has 1 aromatic rings. The van der Waals surface area contributed by atoms with Crippen LogP contribution in [-0.4, -0.2) is 17.8 Å². The van der Waals surface area contributed by atoms with Crippen LogP contribution in [0.25, 0.3) is 0 Å². The van der Waals surface area contributed by atoms with E-state index in [9.17, 15) is 4.39 Å². The van der Waals surface area contributed by atoms with E-state index in [1.807, 2.05) is 0 Å². The Morgan fingerprint density at radius 1 is 1.43 bits per heavy atom. The maximum atomic E-state index is 13.3. The van der Waals surface area contributed by atoms with E-state index in [1.54, 1.807) is 12.1 Å². The van der Waals surface area contributed by atoms with E-state index >= 15 is 0 Å². The van der Waals surface area contributed by atoms with Gasteiger partial charge in [-0.25, -0.2) is 4.39 Å². The van der Waals surface area contributed by atoms with Crippen LogP contribution >= 0.6 is 15.9 Å². The minimum absolute atomic E-state index is 0.271. The summed E-state index contributed by atoms with van der Waals surface area (Å²) in [6.45, 7) is -0.271. The number of halogens is 2. The highest BCUT2D eigenvalue weighted by atomic mass is 79.9. The summed E-state index contributed by atoms with van der Waals surface area (Å²) in [7, 11) is 0. The average Bonchev–Trinajstić information content (AvgIpc) is 2.19. The van der Waals surface area contributed by atoms with Gasteiger partial charge in [0.1, 0.15) is 5.82 Å². The summed E-state index contributed by atoms with van der Waals surface area (Å²) >= 11 is 3.21. The summed E-state index contributed by atoms with van der Waals surface area (Å²) in [5, 5.41) is 8.79. The van der Waals surface area contributed by atoms with E-state index in [-0.39, 0.29) is 6.61 Å². The molecule has 0 amide bonds. The molecular formula is C9H12BrFN2O. The summed E-state index contributed by atoms with van der Waals surface area (Å²) in [6.07, 6.45) is 0.